The van der Waals surface area contributed by atoms with Crippen LogP contribution in [0.25, 0.3) is 38.8 Å². The van der Waals surface area contributed by atoms with Gasteiger partial charge in [0.2, 0.25) is 5.88 Å². The minimum Gasteiger partial charge on any atom is -0.460 e. The summed E-state index contributed by atoms with van der Waals surface area (Å²) in [7, 11) is 0. The molecule has 0 aliphatic carbocycles. The molecule has 0 spiro atoms. The van der Waals surface area contributed by atoms with E-state index in [-0.39, 0.29) is 37.3 Å². The first-order chi connectivity index (χ1) is 20.7. The molecule has 0 N–H and O–H groups in total. The Morgan fingerprint density at radius 1 is 0.600 bits per heavy atom. The first-order valence-corrected chi connectivity index (χ1v) is 15.3. The Morgan fingerprint density at radius 2 is 1.22 bits per heavy atom. The van der Waals surface area contributed by atoms with E-state index in [1.54, 1.807) is 6.20 Å². The van der Waals surface area contributed by atoms with Crippen LogP contribution in [0.4, 0.5) is 0 Å². The fourth-order valence-electron chi connectivity index (χ4n) is 5.52. The molecule has 0 aliphatic heterocycles. The second-order valence-corrected chi connectivity index (χ2v) is 14.8. The molecule has 5 heteroatoms. The van der Waals surface area contributed by atoms with Crippen molar-refractivity contribution in [2.45, 2.75) is 78.6 Å². The molecular formula is C40H41N3OPt. The molecule has 3 heterocycles. The maximum Gasteiger partial charge on any atom is 2.00 e. The molecule has 6 aromatic rings. The molecule has 0 radical (unpaired) electrons. The van der Waals surface area contributed by atoms with Gasteiger partial charge in [0.1, 0.15) is 5.82 Å². The predicted octanol–water partition coefficient (Wildman–Crippen LogP) is 10.5. The van der Waals surface area contributed by atoms with Gasteiger partial charge in [-0.2, -0.15) is 24.3 Å². The van der Waals surface area contributed by atoms with E-state index in [4.69, 9.17) is 9.72 Å². The average molecular weight is 775 g/mol. The molecular weight excluding hydrogens is 734 g/mol. The topological polar surface area (TPSA) is 39.9 Å². The third kappa shape index (κ3) is 6.63. The number of nitrogens with zero attached hydrogens (tertiary/aromatic N) is 3. The summed E-state index contributed by atoms with van der Waals surface area (Å²) in [6.45, 7) is 20.0. The Hall–Kier alpha value is -3.75. The second-order valence-electron chi connectivity index (χ2n) is 14.8. The molecule has 6 rings (SSSR count). The molecule has 0 bridgehead atoms. The fourth-order valence-corrected chi connectivity index (χ4v) is 5.52. The summed E-state index contributed by atoms with van der Waals surface area (Å²) in [6, 6.07) is 32.7. The molecule has 3 aromatic carbocycles. The van der Waals surface area contributed by atoms with Crippen molar-refractivity contribution in [1.82, 2.24) is 14.5 Å². The van der Waals surface area contributed by atoms with Crippen LogP contribution in [0.1, 0.15) is 79.0 Å². The van der Waals surface area contributed by atoms with Gasteiger partial charge in [-0.3, -0.25) is 0 Å². The Bertz CT molecular complexity index is 2000. The van der Waals surface area contributed by atoms with Gasteiger partial charge in [0, 0.05) is 29.7 Å². The zero-order chi connectivity index (χ0) is 31.4. The molecule has 3 aromatic heterocycles. The van der Waals surface area contributed by atoms with Crippen LogP contribution in [0.5, 0.6) is 11.6 Å². The third-order valence-corrected chi connectivity index (χ3v) is 8.26. The molecule has 0 fully saturated rings. The molecule has 232 valence electrons. The minimum atomic E-state index is 0. The monoisotopic (exact) mass is 774 g/mol. The first-order valence-electron chi connectivity index (χ1n) is 15.3. The van der Waals surface area contributed by atoms with Gasteiger partial charge in [0.25, 0.3) is 0 Å². The summed E-state index contributed by atoms with van der Waals surface area (Å²) >= 11 is 0. The van der Waals surface area contributed by atoms with E-state index in [0.717, 1.165) is 33.4 Å². The summed E-state index contributed by atoms with van der Waals surface area (Å²) in [5.74, 6) is 2.06. The van der Waals surface area contributed by atoms with Crippen LogP contribution >= 0.6 is 0 Å². The van der Waals surface area contributed by atoms with Crippen molar-refractivity contribution in [3.63, 3.8) is 0 Å². The van der Waals surface area contributed by atoms with Gasteiger partial charge in [0.15, 0.2) is 0 Å². The summed E-state index contributed by atoms with van der Waals surface area (Å²) in [5, 5.41) is 2.34. The van der Waals surface area contributed by atoms with E-state index in [1.165, 1.54) is 22.1 Å². The molecule has 0 unspecified atom stereocenters. The number of pyridine rings is 2. The van der Waals surface area contributed by atoms with Crippen molar-refractivity contribution in [3.8, 4) is 28.6 Å². The van der Waals surface area contributed by atoms with Crippen molar-refractivity contribution >= 4 is 21.8 Å². The first kappa shape index (κ1) is 32.6. The minimum absolute atomic E-state index is 0. The molecule has 0 aliphatic rings. The smallest absolute Gasteiger partial charge is 0.460 e. The van der Waals surface area contributed by atoms with Crippen LogP contribution in [0, 0.1) is 12.1 Å². The van der Waals surface area contributed by atoms with E-state index in [9.17, 15) is 0 Å². The third-order valence-electron chi connectivity index (χ3n) is 8.26. The van der Waals surface area contributed by atoms with Gasteiger partial charge < -0.3 is 9.30 Å². The number of ether oxygens (including phenoxy) is 1. The fraction of sp³-hybridized carbons (Fsp3) is 0.300. The number of rotatable bonds is 4. The zero-order valence-corrected chi connectivity index (χ0v) is 29.9. The van der Waals surface area contributed by atoms with Crippen LogP contribution in [0.15, 0.2) is 85.2 Å². The second kappa shape index (κ2) is 11.9. The number of aromatic nitrogens is 3. The number of fused-ring (bicyclic) bond motifs is 3. The predicted molar refractivity (Wildman–Crippen MR) is 182 cm³/mol. The Morgan fingerprint density at radius 3 is 1.91 bits per heavy atom. The van der Waals surface area contributed by atoms with E-state index in [0.29, 0.717) is 11.6 Å². The molecule has 4 nitrogen and oxygen atoms in total. The Balaban J connectivity index is 0.00000400. The zero-order valence-electron chi connectivity index (χ0n) is 27.6. The maximum absolute atomic E-state index is 6.20. The molecule has 0 atom stereocenters. The van der Waals surface area contributed by atoms with Crippen molar-refractivity contribution in [2.75, 3.05) is 0 Å². The van der Waals surface area contributed by atoms with E-state index >= 15 is 0 Å². The molecule has 45 heavy (non-hydrogen) atoms. The van der Waals surface area contributed by atoms with E-state index in [1.807, 2.05) is 36.5 Å². The maximum atomic E-state index is 6.20. The SMILES string of the molecule is CC(C)(C)c1ccnc(Oc2[c-]c(-c3[c-]c4c(cc3)c3cc(C(C)(C)C)ccc3n4-c3cc(C(C)(C)C)ccn3)ccc2)c1.[Pt+2]. The summed E-state index contributed by atoms with van der Waals surface area (Å²) in [4.78, 5) is 9.31. The van der Waals surface area contributed by atoms with Gasteiger partial charge in [0.05, 0.1) is 0 Å². The summed E-state index contributed by atoms with van der Waals surface area (Å²) in [6.07, 6.45) is 3.71. The van der Waals surface area contributed by atoms with Gasteiger partial charge in [-0.25, -0.2) is 21.1 Å². The Labute approximate surface area is 282 Å². The normalized spacial score (nSPS) is 12.4. The standard InChI is InChI=1S/C40H41N3O.Pt/c1-38(2,3)28-14-16-34-33(23-28)32-15-13-27(22-35(32)43(34)36-24-29(17-19-41-36)39(4,5)6)26-11-10-12-31(21-26)44-37-25-30(18-20-42-37)40(7,8)9;/h10-20,23-25H,1-9H3;/q-2;+2. The van der Waals surface area contributed by atoms with E-state index in [2.05, 4.69) is 126 Å². The van der Waals surface area contributed by atoms with Gasteiger partial charge >= 0.3 is 21.1 Å². The average Bonchev–Trinajstić information content (AvgIpc) is 3.29. The largest absolute Gasteiger partial charge is 2.00 e. The Kier molecular flexibility index (Phi) is 8.61. The summed E-state index contributed by atoms with van der Waals surface area (Å²) in [5.41, 5.74) is 7.69. The van der Waals surface area contributed by atoms with Crippen LogP contribution in [0.3, 0.4) is 0 Å². The van der Waals surface area contributed by atoms with E-state index < -0.39 is 0 Å². The van der Waals surface area contributed by atoms with Gasteiger partial charge in [-0.15, -0.1) is 18.2 Å². The van der Waals surface area contributed by atoms with Gasteiger partial charge in [-0.1, -0.05) is 79.8 Å². The van der Waals surface area contributed by atoms with Crippen LogP contribution in [-0.2, 0) is 37.3 Å². The number of hydrogen-bond donors (Lipinski definition) is 0. The number of benzene rings is 3. The molecule has 0 saturated carbocycles. The quantitative estimate of drug-likeness (QED) is 0.168. The van der Waals surface area contributed by atoms with Crippen molar-refractivity contribution in [2.24, 2.45) is 0 Å². The summed E-state index contributed by atoms with van der Waals surface area (Å²) < 4.78 is 8.45. The van der Waals surface area contributed by atoms with Crippen molar-refractivity contribution in [3.05, 3.63) is 114 Å². The van der Waals surface area contributed by atoms with Crippen molar-refractivity contribution < 1.29 is 25.8 Å². The van der Waals surface area contributed by atoms with Crippen LogP contribution in [0.2, 0.25) is 0 Å². The van der Waals surface area contributed by atoms with Crippen molar-refractivity contribution in [1.29, 1.82) is 0 Å². The molecule has 0 amide bonds. The van der Waals surface area contributed by atoms with Crippen LogP contribution in [-0.4, -0.2) is 14.5 Å². The van der Waals surface area contributed by atoms with Crippen LogP contribution < -0.4 is 4.74 Å². The van der Waals surface area contributed by atoms with Gasteiger partial charge in [-0.05, 0) is 68.1 Å². The number of hydrogen-bond acceptors (Lipinski definition) is 3. The molecule has 0 saturated heterocycles.